The van der Waals surface area contributed by atoms with Crippen LogP contribution in [0.5, 0.6) is 0 Å². The van der Waals surface area contributed by atoms with Crippen LogP contribution in [0.15, 0.2) is 36.5 Å². The molecule has 2 atom stereocenters. The molecule has 7 nitrogen and oxygen atoms in total. The van der Waals surface area contributed by atoms with Crippen LogP contribution in [0.3, 0.4) is 0 Å². The molecule has 4 heterocycles. The summed E-state index contributed by atoms with van der Waals surface area (Å²) in [5.74, 6) is -0.507. The van der Waals surface area contributed by atoms with Crippen molar-refractivity contribution in [2.75, 3.05) is 44.7 Å². The predicted octanol–water partition coefficient (Wildman–Crippen LogP) is 2.83. The monoisotopic (exact) mass is 452 g/mol. The zero-order valence-corrected chi connectivity index (χ0v) is 18.9. The molecule has 0 aliphatic carbocycles. The van der Waals surface area contributed by atoms with Gasteiger partial charge in [-0.25, -0.2) is 4.39 Å². The van der Waals surface area contributed by atoms with Gasteiger partial charge in [0, 0.05) is 49.7 Å². The molecule has 5 rings (SSSR count). The Kier molecular flexibility index (Phi) is 5.80. The van der Waals surface area contributed by atoms with E-state index in [0.29, 0.717) is 36.1 Å². The molecule has 0 bridgehead atoms. The summed E-state index contributed by atoms with van der Waals surface area (Å²) in [6, 6.07) is 8.09. The van der Waals surface area contributed by atoms with Crippen LogP contribution in [-0.4, -0.2) is 72.0 Å². The Bertz CT molecular complexity index is 1080. The summed E-state index contributed by atoms with van der Waals surface area (Å²) in [5, 5.41) is 2.78. The fourth-order valence-corrected chi connectivity index (χ4v) is 5.70. The molecule has 0 spiro atoms. The number of carbonyl (C=O) groups excluding carboxylic acids is 2. The van der Waals surface area contributed by atoms with Crippen LogP contribution in [0.4, 0.5) is 10.1 Å². The van der Waals surface area contributed by atoms with Crippen molar-refractivity contribution in [3.8, 4) is 0 Å². The number of amides is 2. The zero-order valence-electron chi connectivity index (χ0n) is 18.9. The molecule has 33 heavy (non-hydrogen) atoms. The maximum absolute atomic E-state index is 14.1. The molecule has 174 valence electrons. The van der Waals surface area contributed by atoms with Crippen molar-refractivity contribution < 1.29 is 18.7 Å². The van der Waals surface area contributed by atoms with Crippen molar-refractivity contribution in [2.45, 2.75) is 19.9 Å². The van der Waals surface area contributed by atoms with Gasteiger partial charge in [-0.15, -0.1) is 0 Å². The average Bonchev–Trinajstić information content (AvgIpc) is 3.43. The van der Waals surface area contributed by atoms with E-state index in [1.807, 2.05) is 4.90 Å². The summed E-state index contributed by atoms with van der Waals surface area (Å²) in [5.41, 5.74) is 1.99. The zero-order chi connectivity index (χ0) is 23.1. The summed E-state index contributed by atoms with van der Waals surface area (Å²) in [6.07, 6.45) is 1.72. The third kappa shape index (κ3) is 3.98. The summed E-state index contributed by atoms with van der Waals surface area (Å²) >= 11 is 0. The van der Waals surface area contributed by atoms with E-state index in [9.17, 15) is 14.0 Å². The van der Waals surface area contributed by atoms with Gasteiger partial charge in [-0.3, -0.25) is 14.5 Å². The quantitative estimate of drug-likeness (QED) is 0.703. The molecule has 0 saturated carbocycles. The van der Waals surface area contributed by atoms with E-state index in [4.69, 9.17) is 4.74 Å². The number of rotatable bonds is 3. The average molecular weight is 453 g/mol. The first-order chi connectivity index (χ1) is 15.9. The molecular weight excluding hydrogens is 423 g/mol. The molecule has 2 saturated heterocycles. The number of fused-ring (bicyclic) bond motifs is 1. The molecule has 2 fully saturated rings. The van der Waals surface area contributed by atoms with Crippen molar-refractivity contribution in [3.05, 3.63) is 53.6 Å². The first-order valence-corrected chi connectivity index (χ1v) is 11.5. The number of likely N-dealkylation sites (tertiary alicyclic amines) is 1. The van der Waals surface area contributed by atoms with Crippen LogP contribution < -0.4 is 5.32 Å². The highest BCUT2D eigenvalue weighted by molar-refractivity contribution is 6.45. The van der Waals surface area contributed by atoms with Crippen LogP contribution in [0.1, 0.15) is 25.1 Å². The number of halogens is 1. The second-order valence-corrected chi connectivity index (χ2v) is 9.28. The number of ether oxygens (including phenoxy) is 1. The lowest BCUT2D eigenvalue weighted by molar-refractivity contribution is -0.130. The van der Waals surface area contributed by atoms with E-state index in [-0.39, 0.29) is 28.9 Å². The van der Waals surface area contributed by atoms with Gasteiger partial charge in [0.15, 0.2) is 0 Å². The predicted molar refractivity (Wildman–Crippen MR) is 124 cm³/mol. The first kappa shape index (κ1) is 21.9. The highest BCUT2D eigenvalue weighted by Crippen LogP contribution is 2.39. The number of piperidine rings is 1. The fraction of sp³-hybridized carbons (Fsp3) is 0.440. The maximum Gasteiger partial charge on any atom is 0.257 e. The minimum atomic E-state index is -0.449. The van der Waals surface area contributed by atoms with E-state index in [1.165, 1.54) is 18.2 Å². The standard InChI is InChI=1S/C25H29FN4O3/c1-15-13-30(14-16(2)23(15)29-8-10-33-11-9-29)25(32)22(20-4-3-7-27-20)21-18-12-17(26)5-6-19(18)28-24(21)31/h3-7,12,15-16,23,27H,8-11,13-14H2,1-2H3,(H,28,31). The molecule has 2 N–H and O–H groups in total. The second kappa shape index (κ2) is 8.76. The van der Waals surface area contributed by atoms with Crippen LogP contribution >= 0.6 is 0 Å². The Hall–Kier alpha value is -2.97. The molecule has 3 aliphatic heterocycles. The van der Waals surface area contributed by atoms with Gasteiger partial charge in [-0.2, -0.15) is 0 Å². The SMILES string of the molecule is CC1CN(C(=O)C(=C2C(=O)Nc3ccc(F)cc32)c2ccc[nH]2)CC(C)C1N1CCOCC1. The Morgan fingerprint density at radius 2 is 1.85 bits per heavy atom. The van der Waals surface area contributed by atoms with Gasteiger partial charge < -0.3 is 19.9 Å². The smallest absolute Gasteiger partial charge is 0.257 e. The topological polar surface area (TPSA) is 77.7 Å². The van der Waals surface area contributed by atoms with Gasteiger partial charge in [0.25, 0.3) is 11.8 Å². The molecular formula is C25H29FN4O3. The first-order valence-electron chi connectivity index (χ1n) is 11.5. The van der Waals surface area contributed by atoms with Crippen molar-refractivity contribution >= 4 is 28.6 Å². The maximum atomic E-state index is 14.1. The minimum absolute atomic E-state index is 0.209. The van der Waals surface area contributed by atoms with Gasteiger partial charge in [0.05, 0.1) is 30.1 Å². The molecule has 8 heteroatoms. The molecule has 2 unspecified atom stereocenters. The van der Waals surface area contributed by atoms with E-state index >= 15 is 0 Å². The van der Waals surface area contributed by atoms with Gasteiger partial charge in [-0.05, 0) is 42.2 Å². The Morgan fingerprint density at radius 1 is 1.12 bits per heavy atom. The third-order valence-corrected chi connectivity index (χ3v) is 6.99. The number of hydrogen-bond acceptors (Lipinski definition) is 4. The lowest BCUT2D eigenvalue weighted by Crippen LogP contribution is -2.58. The van der Waals surface area contributed by atoms with Crippen molar-refractivity contribution in [2.24, 2.45) is 11.8 Å². The lowest BCUT2D eigenvalue weighted by Gasteiger charge is -2.47. The van der Waals surface area contributed by atoms with Gasteiger partial charge in [0.2, 0.25) is 0 Å². The highest BCUT2D eigenvalue weighted by atomic mass is 19.1. The molecule has 2 aromatic rings. The summed E-state index contributed by atoms with van der Waals surface area (Å²) in [6.45, 7) is 8.87. The second-order valence-electron chi connectivity index (χ2n) is 9.28. The molecule has 3 aliphatic rings. The molecule has 0 radical (unpaired) electrons. The number of benzene rings is 1. The van der Waals surface area contributed by atoms with Gasteiger partial charge in [-0.1, -0.05) is 13.8 Å². The fourth-order valence-electron chi connectivity index (χ4n) is 5.70. The number of nitrogens with one attached hydrogen (secondary N) is 2. The molecule has 1 aromatic heterocycles. The Balaban J connectivity index is 1.50. The van der Waals surface area contributed by atoms with E-state index < -0.39 is 11.7 Å². The molecule has 2 amide bonds. The highest BCUT2D eigenvalue weighted by Gasteiger charge is 2.40. The summed E-state index contributed by atoms with van der Waals surface area (Å²) in [4.78, 5) is 34.3. The number of nitrogens with zero attached hydrogens (tertiary/aromatic N) is 2. The van der Waals surface area contributed by atoms with Crippen molar-refractivity contribution in [1.29, 1.82) is 0 Å². The number of H-pyrrole nitrogens is 1. The van der Waals surface area contributed by atoms with Crippen molar-refractivity contribution in [3.63, 3.8) is 0 Å². The Morgan fingerprint density at radius 3 is 2.52 bits per heavy atom. The van der Waals surface area contributed by atoms with Crippen LogP contribution in [0.2, 0.25) is 0 Å². The van der Waals surface area contributed by atoms with Gasteiger partial charge in [0.1, 0.15) is 5.82 Å². The number of morpholine rings is 1. The van der Waals surface area contributed by atoms with E-state index in [2.05, 4.69) is 29.0 Å². The number of carbonyl (C=O) groups is 2. The van der Waals surface area contributed by atoms with Crippen LogP contribution in [0, 0.1) is 17.7 Å². The molecule has 1 aromatic carbocycles. The van der Waals surface area contributed by atoms with Gasteiger partial charge >= 0.3 is 0 Å². The number of aromatic nitrogens is 1. The van der Waals surface area contributed by atoms with Crippen molar-refractivity contribution in [1.82, 2.24) is 14.8 Å². The minimum Gasteiger partial charge on any atom is -0.379 e. The summed E-state index contributed by atoms with van der Waals surface area (Å²) < 4.78 is 19.6. The normalized spacial score (nSPS) is 27.3. The van der Waals surface area contributed by atoms with Crippen LogP contribution in [-0.2, 0) is 14.3 Å². The largest absolute Gasteiger partial charge is 0.379 e. The van der Waals surface area contributed by atoms with Crippen LogP contribution in [0.25, 0.3) is 11.1 Å². The number of aromatic amines is 1. The lowest BCUT2D eigenvalue weighted by atomic mass is 9.83. The number of hydrogen-bond donors (Lipinski definition) is 2. The number of anilines is 1. The van der Waals surface area contributed by atoms with E-state index in [1.54, 1.807) is 18.3 Å². The summed E-state index contributed by atoms with van der Waals surface area (Å²) in [7, 11) is 0. The third-order valence-electron chi connectivity index (χ3n) is 6.99. The van der Waals surface area contributed by atoms with E-state index in [0.717, 1.165) is 26.3 Å². The Labute approximate surface area is 192 Å².